The number of aryl methyl sites for hydroxylation is 2. The molecule has 0 bridgehead atoms. The summed E-state index contributed by atoms with van der Waals surface area (Å²) in [6, 6.07) is 11.9. The predicted octanol–water partition coefficient (Wildman–Crippen LogP) is 4.34. The number of hydrazone groups is 1. The Morgan fingerprint density at radius 1 is 1.10 bits per heavy atom. The van der Waals surface area contributed by atoms with Crippen LogP contribution in [0, 0.1) is 13.8 Å². The first kappa shape index (κ1) is 22.8. The van der Waals surface area contributed by atoms with Gasteiger partial charge in [0.05, 0.1) is 32.5 Å². The van der Waals surface area contributed by atoms with Crippen molar-refractivity contribution < 1.29 is 14.3 Å². The number of amides is 1. The fourth-order valence-corrected chi connectivity index (χ4v) is 4.09. The molecule has 0 aliphatic carbocycles. The van der Waals surface area contributed by atoms with Crippen LogP contribution >= 0.6 is 0 Å². The Morgan fingerprint density at radius 3 is 2.45 bits per heavy atom. The number of methoxy groups -OCH3 is 2. The number of benzene rings is 2. The van der Waals surface area contributed by atoms with Crippen molar-refractivity contribution in [2.75, 3.05) is 33.9 Å². The van der Waals surface area contributed by atoms with Gasteiger partial charge in [0.15, 0.2) is 0 Å². The Bertz CT molecular complexity index is 966. The van der Waals surface area contributed by atoms with Gasteiger partial charge in [-0.15, -0.1) is 0 Å². The zero-order valence-electron chi connectivity index (χ0n) is 19.4. The van der Waals surface area contributed by atoms with E-state index in [1.807, 2.05) is 18.2 Å². The summed E-state index contributed by atoms with van der Waals surface area (Å²) >= 11 is 0. The van der Waals surface area contributed by atoms with Crippen molar-refractivity contribution in [2.45, 2.75) is 40.2 Å². The SMILES string of the molecule is CCN(CC)CC(=O)N1N=C(c2ccc(OC)cc2OC)CC1c1ccc(C)cc1C. The Kier molecular flexibility index (Phi) is 7.33. The van der Waals surface area contributed by atoms with Crippen LogP contribution in [0.3, 0.4) is 0 Å². The molecule has 0 saturated carbocycles. The highest BCUT2D eigenvalue weighted by Gasteiger charge is 2.35. The summed E-state index contributed by atoms with van der Waals surface area (Å²) in [6.07, 6.45) is 0.635. The van der Waals surface area contributed by atoms with Gasteiger partial charge in [-0.2, -0.15) is 5.10 Å². The van der Waals surface area contributed by atoms with E-state index in [1.165, 1.54) is 11.1 Å². The van der Waals surface area contributed by atoms with E-state index in [4.69, 9.17) is 14.6 Å². The lowest BCUT2D eigenvalue weighted by molar-refractivity contribution is -0.134. The van der Waals surface area contributed by atoms with Crippen LogP contribution in [0.2, 0.25) is 0 Å². The molecule has 31 heavy (non-hydrogen) atoms. The summed E-state index contributed by atoms with van der Waals surface area (Å²) in [5, 5.41) is 6.49. The van der Waals surface area contributed by atoms with Gasteiger partial charge in [-0.3, -0.25) is 9.69 Å². The molecule has 0 radical (unpaired) electrons. The lowest BCUT2D eigenvalue weighted by Crippen LogP contribution is -2.38. The Hall–Kier alpha value is -2.86. The first-order chi connectivity index (χ1) is 14.9. The zero-order chi connectivity index (χ0) is 22.5. The van der Waals surface area contributed by atoms with E-state index in [-0.39, 0.29) is 11.9 Å². The van der Waals surface area contributed by atoms with Crippen molar-refractivity contribution in [3.05, 3.63) is 58.7 Å². The van der Waals surface area contributed by atoms with Gasteiger partial charge in [-0.25, -0.2) is 5.01 Å². The average Bonchev–Trinajstić information content (AvgIpc) is 3.21. The minimum absolute atomic E-state index is 0.0103. The minimum Gasteiger partial charge on any atom is -0.497 e. The molecule has 166 valence electrons. The van der Waals surface area contributed by atoms with E-state index >= 15 is 0 Å². The van der Waals surface area contributed by atoms with E-state index < -0.39 is 0 Å². The molecule has 0 saturated heterocycles. The number of hydrogen-bond acceptors (Lipinski definition) is 5. The molecular formula is C25H33N3O3. The number of rotatable bonds is 8. The summed E-state index contributed by atoms with van der Waals surface area (Å²) in [5.74, 6) is 1.42. The van der Waals surface area contributed by atoms with Crippen LogP contribution in [0.5, 0.6) is 11.5 Å². The van der Waals surface area contributed by atoms with Gasteiger partial charge in [-0.05, 0) is 50.2 Å². The van der Waals surface area contributed by atoms with E-state index in [0.717, 1.165) is 35.7 Å². The number of hydrogen-bond donors (Lipinski definition) is 0. The Morgan fingerprint density at radius 2 is 1.84 bits per heavy atom. The van der Waals surface area contributed by atoms with Gasteiger partial charge >= 0.3 is 0 Å². The smallest absolute Gasteiger partial charge is 0.257 e. The number of carbonyl (C=O) groups is 1. The highest BCUT2D eigenvalue weighted by atomic mass is 16.5. The van der Waals surface area contributed by atoms with Gasteiger partial charge < -0.3 is 9.47 Å². The molecule has 6 heteroatoms. The number of likely N-dealkylation sites (N-methyl/N-ethyl adjacent to an activating group) is 1. The summed E-state index contributed by atoms with van der Waals surface area (Å²) < 4.78 is 10.9. The molecular weight excluding hydrogens is 390 g/mol. The molecule has 0 aromatic heterocycles. The maximum absolute atomic E-state index is 13.3. The molecule has 0 fully saturated rings. The first-order valence-corrected chi connectivity index (χ1v) is 10.8. The summed E-state index contributed by atoms with van der Waals surface area (Å²) in [6.45, 7) is 10.3. The quantitative estimate of drug-likeness (QED) is 0.634. The molecule has 0 N–H and O–H groups in total. The zero-order valence-corrected chi connectivity index (χ0v) is 19.4. The summed E-state index contributed by atoms with van der Waals surface area (Å²) in [7, 11) is 3.27. The second kappa shape index (κ2) is 9.96. The molecule has 2 aromatic rings. The van der Waals surface area contributed by atoms with Gasteiger partial charge in [-0.1, -0.05) is 37.6 Å². The molecule has 1 unspecified atom stereocenters. The normalized spacial score (nSPS) is 15.9. The van der Waals surface area contributed by atoms with Crippen LogP contribution in [-0.2, 0) is 4.79 Å². The van der Waals surface area contributed by atoms with Crippen LogP contribution in [0.15, 0.2) is 41.5 Å². The fraction of sp³-hybridized carbons (Fsp3) is 0.440. The topological polar surface area (TPSA) is 54.4 Å². The van der Waals surface area contributed by atoms with Gasteiger partial charge in [0.25, 0.3) is 5.91 Å². The number of carbonyl (C=O) groups excluding carboxylic acids is 1. The standard InChI is InChI=1S/C25H33N3O3/c1-7-27(8-2)16-25(29)28-23(20-11-9-17(3)13-18(20)4)15-22(26-28)21-12-10-19(30-5)14-24(21)31-6/h9-14,23H,7-8,15-16H2,1-6H3. The third kappa shape index (κ3) is 4.90. The maximum Gasteiger partial charge on any atom is 0.257 e. The van der Waals surface area contributed by atoms with E-state index in [1.54, 1.807) is 19.2 Å². The molecule has 6 nitrogen and oxygen atoms in total. The highest BCUT2D eigenvalue weighted by Crippen LogP contribution is 2.37. The Balaban J connectivity index is 2.01. The van der Waals surface area contributed by atoms with E-state index in [2.05, 4.69) is 50.8 Å². The predicted molar refractivity (Wildman–Crippen MR) is 124 cm³/mol. The summed E-state index contributed by atoms with van der Waals surface area (Å²) in [4.78, 5) is 15.4. The van der Waals surface area contributed by atoms with Crippen molar-refractivity contribution in [1.29, 1.82) is 0 Å². The van der Waals surface area contributed by atoms with Crippen LogP contribution in [-0.4, -0.2) is 55.4 Å². The van der Waals surface area contributed by atoms with Gasteiger partial charge in [0.1, 0.15) is 11.5 Å². The van der Waals surface area contributed by atoms with Gasteiger partial charge in [0, 0.05) is 18.1 Å². The van der Waals surface area contributed by atoms with Crippen LogP contribution < -0.4 is 9.47 Å². The second-order valence-electron chi connectivity index (χ2n) is 7.89. The average molecular weight is 424 g/mol. The lowest BCUT2D eigenvalue weighted by Gasteiger charge is -2.26. The van der Waals surface area contributed by atoms with Crippen LogP contribution in [0.4, 0.5) is 0 Å². The third-order valence-electron chi connectivity index (χ3n) is 5.92. The van der Waals surface area contributed by atoms with Crippen molar-refractivity contribution in [2.24, 2.45) is 5.10 Å². The van der Waals surface area contributed by atoms with Gasteiger partial charge in [0.2, 0.25) is 0 Å². The third-order valence-corrected chi connectivity index (χ3v) is 5.92. The van der Waals surface area contributed by atoms with Crippen LogP contribution in [0.25, 0.3) is 0 Å². The fourth-order valence-electron chi connectivity index (χ4n) is 4.09. The van der Waals surface area contributed by atoms with Crippen molar-refractivity contribution in [3.63, 3.8) is 0 Å². The molecule has 1 amide bonds. The molecule has 1 atom stereocenters. The van der Waals surface area contributed by atoms with Crippen LogP contribution in [0.1, 0.15) is 48.6 Å². The Labute approximate surface area is 185 Å². The molecule has 1 aliphatic rings. The van der Waals surface area contributed by atoms with E-state index in [9.17, 15) is 4.79 Å². The minimum atomic E-state index is -0.134. The van der Waals surface area contributed by atoms with E-state index in [0.29, 0.717) is 18.7 Å². The van der Waals surface area contributed by atoms with Crippen molar-refractivity contribution in [1.82, 2.24) is 9.91 Å². The molecule has 1 aliphatic heterocycles. The second-order valence-corrected chi connectivity index (χ2v) is 7.89. The summed E-state index contributed by atoms with van der Waals surface area (Å²) in [5.41, 5.74) is 5.24. The molecule has 0 spiro atoms. The largest absolute Gasteiger partial charge is 0.497 e. The monoisotopic (exact) mass is 423 g/mol. The molecule has 1 heterocycles. The highest BCUT2D eigenvalue weighted by molar-refractivity contribution is 6.05. The van der Waals surface area contributed by atoms with Crippen molar-refractivity contribution in [3.8, 4) is 11.5 Å². The number of ether oxygens (including phenoxy) is 2. The maximum atomic E-state index is 13.3. The molecule has 3 rings (SSSR count). The van der Waals surface area contributed by atoms with Crippen molar-refractivity contribution >= 4 is 11.6 Å². The first-order valence-electron chi connectivity index (χ1n) is 10.8. The lowest BCUT2D eigenvalue weighted by atomic mass is 9.94. The number of nitrogens with zero attached hydrogens (tertiary/aromatic N) is 3. The molecule has 2 aromatic carbocycles.